The van der Waals surface area contributed by atoms with Crippen LogP contribution in [0.1, 0.15) is 120 Å². The van der Waals surface area contributed by atoms with Crippen molar-refractivity contribution in [3.8, 4) is 0 Å². The molecule has 0 unspecified atom stereocenters. The van der Waals surface area contributed by atoms with Gasteiger partial charge in [-0.2, -0.15) is 0 Å². The highest BCUT2D eigenvalue weighted by atomic mass is 16.5. The van der Waals surface area contributed by atoms with Crippen LogP contribution in [0.3, 0.4) is 0 Å². The molecule has 36 heavy (non-hydrogen) atoms. The molecule has 0 saturated heterocycles. The van der Waals surface area contributed by atoms with Gasteiger partial charge in [-0.05, 0) is 116 Å². The van der Waals surface area contributed by atoms with Gasteiger partial charge in [0.25, 0.3) is 0 Å². The number of ether oxygens (including phenoxy) is 1. The van der Waals surface area contributed by atoms with Gasteiger partial charge in [-0.3, -0.25) is 9.59 Å². The van der Waals surface area contributed by atoms with Crippen molar-refractivity contribution in [3.63, 3.8) is 0 Å². The average molecular weight is 499 g/mol. The van der Waals surface area contributed by atoms with Crippen molar-refractivity contribution in [2.75, 3.05) is 0 Å². The maximum Gasteiger partial charge on any atom is 0.313 e. The standard InChI is InChI=1S/C32H50O4/c1-20(33)36-25-12-13-29(5)23-10-9-21-22-19-27(2,3)15-16-28(22,4)17-18-30(21,6)31(23,7)14-11-24(29)32(25,8)26(34)35/h9,22-25H,10-19H2,1-8H3,(H,34,35)/t22-,23+,24-,25+,28+,29-,30+,31+,32-/m0/s1. The highest BCUT2D eigenvalue weighted by molar-refractivity contribution is 5.77. The van der Waals surface area contributed by atoms with E-state index in [9.17, 15) is 14.7 Å². The Morgan fingerprint density at radius 1 is 0.889 bits per heavy atom. The predicted molar refractivity (Wildman–Crippen MR) is 142 cm³/mol. The summed E-state index contributed by atoms with van der Waals surface area (Å²) in [7, 11) is 0. The number of esters is 1. The highest BCUT2D eigenvalue weighted by Gasteiger charge is 2.70. The second-order valence-electron chi connectivity index (χ2n) is 15.6. The maximum absolute atomic E-state index is 12.8. The maximum atomic E-state index is 12.8. The summed E-state index contributed by atoms with van der Waals surface area (Å²) in [5, 5.41) is 10.5. The van der Waals surface area contributed by atoms with Crippen LogP contribution in [0.25, 0.3) is 0 Å². The van der Waals surface area contributed by atoms with E-state index in [0.29, 0.717) is 29.1 Å². The number of carbonyl (C=O) groups excluding carboxylic acids is 1. The fraction of sp³-hybridized carbons (Fsp3) is 0.875. The van der Waals surface area contributed by atoms with Crippen LogP contribution in [0.4, 0.5) is 0 Å². The first-order valence-corrected chi connectivity index (χ1v) is 14.6. The van der Waals surface area contributed by atoms with E-state index in [1.807, 2.05) is 6.92 Å². The van der Waals surface area contributed by atoms with Crippen LogP contribution >= 0.6 is 0 Å². The lowest BCUT2D eigenvalue weighted by Crippen LogP contribution is -2.66. The third-order valence-electron chi connectivity index (χ3n) is 13.4. The molecule has 4 heteroatoms. The Morgan fingerprint density at radius 2 is 1.56 bits per heavy atom. The Labute approximate surface area is 219 Å². The molecular formula is C32H50O4. The van der Waals surface area contributed by atoms with Gasteiger partial charge in [-0.1, -0.05) is 53.2 Å². The number of carbonyl (C=O) groups is 2. The second-order valence-corrected chi connectivity index (χ2v) is 15.6. The molecule has 0 aromatic heterocycles. The van der Waals surface area contributed by atoms with Gasteiger partial charge in [0.05, 0.1) is 0 Å². The normalized spacial score (nSPS) is 51.5. The topological polar surface area (TPSA) is 63.6 Å². The number of hydrogen-bond donors (Lipinski definition) is 1. The lowest BCUT2D eigenvalue weighted by molar-refractivity contribution is -0.222. The fourth-order valence-corrected chi connectivity index (χ4v) is 10.9. The molecule has 0 aromatic carbocycles. The lowest BCUT2D eigenvalue weighted by atomic mass is 9.33. The van der Waals surface area contributed by atoms with Crippen LogP contribution in [-0.2, 0) is 14.3 Å². The van der Waals surface area contributed by atoms with E-state index in [1.165, 1.54) is 39.0 Å². The number of fused-ring (bicyclic) bond motifs is 7. The summed E-state index contributed by atoms with van der Waals surface area (Å²) in [6, 6.07) is 0. The van der Waals surface area contributed by atoms with Crippen molar-refractivity contribution in [1.82, 2.24) is 0 Å². The second kappa shape index (κ2) is 7.85. The molecule has 0 heterocycles. The van der Waals surface area contributed by atoms with Crippen LogP contribution in [-0.4, -0.2) is 23.1 Å². The minimum Gasteiger partial charge on any atom is -0.481 e. The van der Waals surface area contributed by atoms with Crippen molar-refractivity contribution in [3.05, 3.63) is 11.6 Å². The van der Waals surface area contributed by atoms with E-state index in [-0.39, 0.29) is 28.1 Å². The third kappa shape index (κ3) is 3.30. The molecule has 0 aromatic rings. The van der Waals surface area contributed by atoms with Crippen molar-refractivity contribution in [2.45, 2.75) is 126 Å². The van der Waals surface area contributed by atoms with E-state index in [0.717, 1.165) is 25.7 Å². The third-order valence-corrected chi connectivity index (χ3v) is 13.4. The van der Waals surface area contributed by atoms with E-state index in [1.54, 1.807) is 5.57 Å². The SMILES string of the molecule is CC(=O)O[C@@H]1CC[C@@]2(C)[C@H]3CC=C4[C@@H]5CC(C)(C)CC[C@]5(C)CC[C@@]4(C)[C@]3(C)CC[C@@H]2[C@]1(C)C(=O)O. The Bertz CT molecular complexity index is 996. The zero-order chi connectivity index (χ0) is 26.5. The number of carboxylic acid groups (broad SMARTS) is 1. The lowest BCUT2D eigenvalue weighted by Gasteiger charge is -2.71. The van der Waals surface area contributed by atoms with Crippen LogP contribution in [0.15, 0.2) is 11.6 Å². The highest BCUT2D eigenvalue weighted by Crippen LogP contribution is 2.75. The van der Waals surface area contributed by atoms with Crippen molar-refractivity contribution in [1.29, 1.82) is 0 Å². The average Bonchev–Trinajstić information content (AvgIpc) is 2.77. The molecule has 0 radical (unpaired) electrons. The summed E-state index contributed by atoms with van der Waals surface area (Å²) in [5.41, 5.74) is 1.81. The van der Waals surface area contributed by atoms with Crippen molar-refractivity contribution in [2.24, 2.45) is 50.2 Å². The number of allylic oxidation sites excluding steroid dienone is 2. The zero-order valence-corrected chi connectivity index (χ0v) is 24.1. The van der Waals surface area contributed by atoms with Gasteiger partial charge < -0.3 is 9.84 Å². The molecule has 0 spiro atoms. The summed E-state index contributed by atoms with van der Waals surface area (Å²) >= 11 is 0. The first kappa shape index (κ1) is 26.3. The molecule has 1 N–H and O–H groups in total. The number of rotatable bonds is 2. The molecular weight excluding hydrogens is 448 g/mol. The number of carboxylic acids is 1. The first-order chi connectivity index (χ1) is 16.5. The molecule has 0 amide bonds. The molecule has 5 aliphatic carbocycles. The van der Waals surface area contributed by atoms with Gasteiger partial charge in [0.15, 0.2) is 0 Å². The Morgan fingerprint density at radius 3 is 2.19 bits per heavy atom. The van der Waals surface area contributed by atoms with Gasteiger partial charge in [-0.25, -0.2) is 0 Å². The van der Waals surface area contributed by atoms with Crippen LogP contribution in [0.5, 0.6) is 0 Å². The van der Waals surface area contributed by atoms with E-state index in [2.05, 4.69) is 47.6 Å². The van der Waals surface area contributed by atoms with Crippen LogP contribution in [0.2, 0.25) is 0 Å². The zero-order valence-electron chi connectivity index (χ0n) is 24.1. The summed E-state index contributed by atoms with van der Waals surface area (Å²) in [6.45, 7) is 18.3. The molecule has 9 atom stereocenters. The predicted octanol–water partition coefficient (Wildman–Crippen LogP) is 7.80. The van der Waals surface area contributed by atoms with Gasteiger partial charge >= 0.3 is 11.9 Å². The smallest absolute Gasteiger partial charge is 0.313 e. The minimum atomic E-state index is -1.04. The van der Waals surface area contributed by atoms with E-state index >= 15 is 0 Å². The summed E-state index contributed by atoms with van der Waals surface area (Å²) in [4.78, 5) is 24.8. The van der Waals surface area contributed by atoms with Gasteiger partial charge in [-0.15, -0.1) is 0 Å². The molecule has 0 aliphatic heterocycles. The fourth-order valence-electron chi connectivity index (χ4n) is 10.9. The molecule has 4 fully saturated rings. The van der Waals surface area contributed by atoms with Crippen molar-refractivity contribution < 1.29 is 19.4 Å². The Hall–Kier alpha value is -1.32. The monoisotopic (exact) mass is 498 g/mol. The first-order valence-electron chi connectivity index (χ1n) is 14.6. The van der Waals surface area contributed by atoms with Gasteiger partial charge in [0.2, 0.25) is 0 Å². The van der Waals surface area contributed by atoms with Crippen molar-refractivity contribution >= 4 is 11.9 Å². The quantitative estimate of drug-likeness (QED) is 0.311. The van der Waals surface area contributed by atoms with E-state index < -0.39 is 17.5 Å². The molecule has 4 nitrogen and oxygen atoms in total. The molecule has 202 valence electrons. The van der Waals surface area contributed by atoms with E-state index in [4.69, 9.17) is 4.74 Å². The number of hydrogen-bond acceptors (Lipinski definition) is 3. The van der Waals surface area contributed by atoms with Gasteiger partial charge in [0, 0.05) is 6.92 Å². The molecule has 0 bridgehead atoms. The summed E-state index contributed by atoms with van der Waals surface area (Å²) in [6.07, 6.45) is 13.3. The minimum absolute atomic E-state index is 0.0136. The van der Waals surface area contributed by atoms with Crippen LogP contribution in [0, 0.1) is 50.2 Å². The van der Waals surface area contributed by atoms with Crippen LogP contribution < -0.4 is 0 Å². The van der Waals surface area contributed by atoms with Gasteiger partial charge in [0.1, 0.15) is 11.5 Å². The molecule has 5 aliphatic rings. The Balaban J connectivity index is 1.56. The number of aliphatic carboxylic acids is 1. The summed E-state index contributed by atoms with van der Waals surface area (Å²) in [5.74, 6) is -0.0260. The Kier molecular flexibility index (Phi) is 5.74. The molecule has 5 rings (SSSR count). The largest absolute Gasteiger partial charge is 0.481 e. The summed E-state index contributed by atoms with van der Waals surface area (Å²) < 4.78 is 5.69. The molecule has 4 saturated carbocycles.